The third kappa shape index (κ3) is 2.15. The van der Waals surface area contributed by atoms with Crippen molar-refractivity contribution in [1.29, 1.82) is 0 Å². The topological polar surface area (TPSA) is 65.2 Å². The van der Waals surface area contributed by atoms with Crippen molar-refractivity contribution in [2.24, 2.45) is 0 Å². The molecule has 1 aromatic carbocycles. The predicted molar refractivity (Wildman–Crippen MR) is 76.8 cm³/mol. The van der Waals surface area contributed by atoms with Crippen LogP contribution in [0.15, 0.2) is 50.0 Å². The highest BCUT2D eigenvalue weighted by Crippen LogP contribution is 2.40. The molecule has 3 rings (SSSR count). The van der Waals surface area contributed by atoms with Gasteiger partial charge < -0.3 is 14.7 Å². The van der Waals surface area contributed by atoms with Crippen molar-refractivity contribution < 1.29 is 8.94 Å². The van der Waals surface area contributed by atoms with E-state index in [9.17, 15) is 0 Å². The Bertz CT molecular complexity index is 736. The highest BCUT2D eigenvalue weighted by Gasteiger charge is 2.21. The molecule has 0 spiro atoms. The van der Waals surface area contributed by atoms with Crippen LogP contribution in [0.25, 0.3) is 22.6 Å². The molecule has 0 aliphatic heterocycles. The summed E-state index contributed by atoms with van der Waals surface area (Å²) in [6.45, 7) is 0. The molecular formula is C13H8BrClN2O2. The van der Waals surface area contributed by atoms with E-state index >= 15 is 0 Å². The molecule has 19 heavy (non-hydrogen) atoms. The van der Waals surface area contributed by atoms with Crippen molar-refractivity contribution in [3.63, 3.8) is 0 Å². The smallest absolute Gasteiger partial charge is 0.230 e. The van der Waals surface area contributed by atoms with Gasteiger partial charge in [0.25, 0.3) is 0 Å². The van der Waals surface area contributed by atoms with E-state index in [4.69, 9.17) is 26.3 Å². The molecule has 3 aromatic rings. The number of benzene rings is 1. The van der Waals surface area contributed by atoms with Crippen LogP contribution in [0.5, 0.6) is 0 Å². The summed E-state index contributed by atoms with van der Waals surface area (Å²) >= 11 is 9.44. The average molecular weight is 340 g/mol. The van der Waals surface area contributed by atoms with Crippen molar-refractivity contribution in [3.8, 4) is 22.6 Å². The van der Waals surface area contributed by atoms with E-state index in [0.717, 1.165) is 5.56 Å². The number of halogens is 2. The summed E-state index contributed by atoms with van der Waals surface area (Å²) in [7, 11) is 0. The number of rotatable bonds is 2. The van der Waals surface area contributed by atoms with Crippen LogP contribution < -0.4 is 5.73 Å². The van der Waals surface area contributed by atoms with Gasteiger partial charge in [0.15, 0.2) is 16.1 Å². The van der Waals surface area contributed by atoms with Gasteiger partial charge in [0, 0.05) is 10.6 Å². The number of aromatic nitrogens is 1. The van der Waals surface area contributed by atoms with E-state index in [2.05, 4.69) is 21.1 Å². The zero-order valence-electron chi connectivity index (χ0n) is 9.56. The maximum absolute atomic E-state index is 6.19. The van der Waals surface area contributed by atoms with Crippen molar-refractivity contribution in [2.45, 2.75) is 0 Å². The quantitative estimate of drug-likeness (QED) is 0.741. The lowest BCUT2D eigenvalue weighted by Crippen LogP contribution is -1.87. The van der Waals surface area contributed by atoms with E-state index in [-0.39, 0.29) is 5.88 Å². The fraction of sp³-hybridized carbons (Fsp3) is 0. The van der Waals surface area contributed by atoms with Crippen LogP contribution in [0.4, 0.5) is 5.88 Å². The van der Waals surface area contributed by atoms with E-state index < -0.39 is 0 Å². The molecule has 0 amide bonds. The Kier molecular flexibility index (Phi) is 3.08. The Balaban J connectivity index is 2.22. The highest BCUT2D eigenvalue weighted by atomic mass is 79.9. The molecule has 0 bridgehead atoms. The minimum absolute atomic E-state index is 0.204. The minimum Gasteiger partial charge on any atom is -0.448 e. The predicted octanol–water partition coefficient (Wildman–Crippen LogP) is 4.60. The minimum atomic E-state index is 0.204. The monoisotopic (exact) mass is 338 g/mol. The van der Waals surface area contributed by atoms with Gasteiger partial charge in [0.05, 0.1) is 5.56 Å². The molecule has 0 unspecified atom stereocenters. The molecule has 0 atom stereocenters. The zero-order chi connectivity index (χ0) is 13.4. The van der Waals surface area contributed by atoms with Gasteiger partial charge in [-0.2, -0.15) is 0 Å². The molecule has 0 saturated heterocycles. The van der Waals surface area contributed by atoms with Crippen LogP contribution in [0.2, 0.25) is 5.02 Å². The average Bonchev–Trinajstić information content (AvgIpc) is 2.96. The van der Waals surface area contributed by atoms with Crippen LogP contribution in [-0.2, 0) is 0 Å². The summed E-state index contributed by atoms with van der Waals surface area (Å²) < 4.78 is 11.1. The molecule has 0 saturated carbocycles. The van der Waals surface area contributed by atoms with Crippen LogP contribution in [0.3, 0.4) is 0 Å². The molecule has 0 aliphatic rings. The fourth-order valence-corrected chi connectivity index (χ4v) is 2.37. The number of nitrogens with zero attached hydrogens (tertiary/aromatic N) is 1. The van der Waals surface area contributed by atoms with Gasteiger partial charge in [0.1, 0.15) is 0 Å². The van der Waals surface area contributed by atoms with Crippen molar-refractivity contribution in [2.75, 3.05) is 5.73 Å². The zero-order valence-corrected chi connectivity index (χ0v) is 11.9. The molecule has 2 aromatic heterocycles. The molecule has 4 nitrogen and oxygen atoms in total. The number of nitrogens with two attached hydrogens (primary N) is 1. The maximum Gasteiger partial charge on any atom is 0.230 e. The lowest BCUT2D eigenvalue weighted by atomic mass is 10.0. The Morgan fingerprint density at radius 1 is 1.16 bits per heavy atom. The Hall–Kier alpha value is -1.72. The van der Waals surface area contributed by atoms with Gasteiger partial charge in [-0.3, -0.25) is 0 Å². The SMILES string of the molecule is Nc1onc(-c2ccc(Br)o2)c1-c1ccccc1Cl. The van der Waals surface area contributed by atoms with Gasteiger partial charge >= 0.3 is 0 Å². The highest BCUT2D eigenvalue weighted by molar-refractivity contribution is 9.10. The molecule has 0 fully saturated rings. The Morgan fingerprint density at radius 3 is 2.63 bits per heavy atom. The lowest BCUT2D eigenvalue weighted by molar-refractivity contribution is 0.435. The molecule has 2 heterocycles. The Labute approximate surface area is 122 Å². The van der Waals surface area contributed by atoms with Gasteiger partial charge in [-0.05, 0) is 34.1 Å². The standard InChI is InChI=1S/C13H8BrClN2O2/c14-10-6-5-9(18-10)12-11(13(16)19-17-12)7-3-1-2-4-8(7)15/h1-6H,16H2. The maximum atomic E-state index is 6.19. The summed E-state index contributed by atoms with van der Waals surface area (Å²) in [6, 6.07) is 10.9. The summed E-state index contributed by atoms with van der Waals surface area (Å²) in [4.78, 5) is 0. The fourth-order valence-electron chi connectivity index (χ4n) is 1.84. The summed E-state index contributed by atoms with van der Waals surface area (Å²) in [5.74, 6) is 0.762. The van der Waals surface area contributed by atoms with E-state index in [1.54, 1.807) is 18.2 Å². The first-order valence-corrected chi connectivity index (χ1v) is 6.59. The van der Waals surface area contributed by atoms with E-state index in [0.29, 0.717) is 26.7 Å². The van der Waals surface area contributed by atoms with Crippen molar-refractivity contribution in [1.82, 2.24) is 5.16 Å². The van der Waals surface area contributed by atoms with Gasteiger partial charge in [0.2, 0.25) is 5.88 Å². The van der Waals surface area contributed by atoms with Gasteiger partial charge in [-0.15, -0.1) is 0 Å². The molecule has 0 radical (unpaired) electrons. The molecular weight excluding hydrogens is 332 g/mol. The summed E-state index contributed by atoms with van der Waals surface area (Å²) in [6.07, 6.45) is 0. The molecule has 2 N–H and O–H groups in total. The van der Waals surface area contributed by atoms with E-state index in [1.807, 2.05) is 18.2 Å². The number of nitrogen functional groups attached to an aromatic ring is 1. The number of anilines is 1. The number of hydrogen-bond acceptors (Lipinski definition) is 4. The third-order valence-electron chi connectivity index (χ3n) is 2.67. The summed E-state index contributed by atoms with van der Waals surface area (Å²) in [5.41, 5.74) is 7.76. The molecule has 6 heteroatoms. The second-order valence-corrected chi connectivity index (χ2v) is 5.04. The van der Waals surface area contributed by atoms with Crippen molar-refractivity contribution in [3.05, 3.63) is 46.1 Å². The third-order valence-corrected chi connectivity index (χ3v) is 3.42. The Morgan fingerprint density at radius 2 is 1.95 bits per heavy atom. The largest absolute Gasteiger partial charge is 0.448 e. The normalized spacial score (nSPS) is 10.8. The van der Waals surface area contributed by atoms with Crippen LogP contribution in [-0.4, -0.2) is 5.16 Å². The second-order valence-electron chi connectivity index (χ2n) is 3.85. The second kappa shape index (κ2) is 4.75. The summed E-state index contributed by atoms with van der Waals surface area (Å²) in [5, 5.41) is 4.52. The van der Waals surface area contributed by atoms with Crippen LogP contribution in [0.1, 0.15) is 0 Å². The molecule has 96 valence electrons. The lowest BCUT2D eigenvalue weighted by Gasteiger charge is -2.03. The van der Waals surface area contributed by atoms with Gasteiger partial charge in [-0.25, -0.2) is 0 Å². The number of furan rings is 1. The van der Waals surface area contributed by atoms with Crippen LogP contribution in [0, 0.1) is 0 Å². The first-order chi connectivity index (χ1) is 9.16. The number of hydrogen-bond donors (Lipinski definition) is 1. The molecule has 0 aliphatic carbocycles. The van der Waals surface area contributed by atoms with Crippen molar-refractivity contribution >= 4 is 33.4 Å². The van der Waals surface area contributed by atoms with Gasteiger partial charge in [-0.1, -0.05) is 35.0 Å². The first kappa shape index (κ1) is 12.3. The van der Waals surface area contributed by atoms with Crippen LogP contribution >= 0.6 is 27.5 Å². The first-order valence-electron chi connectivity index (χ1n) is 5.42. The van der Waals surface area contributed by atoms with E-state index in [1.165, 1.54) is 0 Å².